The molecule has 2 aromatic heterocycles. The van der Waals surface area contributed by atoms with Crippen LogP contribution in [0.1, 0.15) is 30.6 Å². The summed E-state index contributed by atoms with van der Waals surface area (Å²) in [6, 6.07) is 0.113. The van der Waals surface area contributed by atoms with Crippen LogP contribution in [0.3, 0.4) is 0 Å². The Morgan fingerprint density at radius 1 is 1.41 bits per heavy atom. The second-order valence-corrected chi connectivity index (χ2v) is 4.22. The Balaban J connectivity index is 2.22. The highest BCUT2D eigenvalue weighted by atomic mass is 15.3. The minimum Gasteiger partial charge on any atom is -0.340 e. The van der Waals surface area contributed by atoms with E-state index in [0.29, 0.717) is 0 Å². The van der Waals surface area contributed by atoms with Gasteiger partial charge in [0, 0.05) is 31.5 Å². The lowest BCUT2D eigenvalue weighted by Crippen LogP contribution is -2.17. The summed E-state index contributed by atoms with van der Waals surface area (Å²) in [6.45, 7) is 3.11. The van der Waals surface area contributed by atoms with E-state index < -0.39 is 0 Å². The standard InChI is InChI=1S/C12H19N5/c1-4-5-17-7-10(6-15-17)12(13-2)11-8-16(3)9-14-11/h6-9,12-13H,4-5H2,1-3H3. The highest BCUT2D eigenvalue weighted by Crippen LogP contribution is 2.19. The molecule has 0 aliphatic rings. The minimum atomic E-state index is 0.113. The summed E-state index contributed by atoms with van der Waals surface area (Å²) >= 11 is 0. The Morgan fingerprint density at radius 3 is 2.82 bits per heavy atom. The number of aromatic nitrogens is 4. The minimum absolute atomic E-state index is 0.113. The van der Waals surface area contributed by atoms with E-state index in [9.17, 15) is 0 Å². The van der Waals surface area contributed by atoms with Crippen molar-refractivity contribution in [1.82, 2.24) is 24.6 Å². The van der Waals surface area contributed by atoms with Crippen LogP contribution in [-0.2, 0) is 13.6 Å². The predicted octanol–water partition coefficient (Wildman–Crippen LogP) is 1.34. The van der Waals surface area contributed by atoms with E-state index in [2.05, 4.69) is 28.5 Å². The summed E-state index contributed by atoms with van der Waals surface area (Å²) in [4.78, 5) is 4.38. The van der Waals surface area contributed by atoms with Gasteiger partial charge < -0.3 is 9.88 Å². The highest BCUT2D eigenvalue weighted by Gasteiger charge is 2.16. The van der Waals surface area contributed by atoms with E-state index in [1.165, 1.54) is 0 Å². The molecule has 0 spiro atoms. The van der Waals surface area contributed by atoms with Gasteiger partial charge in [-0.15, -0.1) is 0 Å². The molecule has 0 saturated carbocycles. The van der Waals surface area contributed by atoms with Crippen molar-refractivity contribution in [2.24, 2.45) is 7.05 Å². The van der Waals surface area contributed by atoms with Gasteiger partial charge in [-0.2, -0.15) is 5.10 Å². The maximum absolute atomic E-state index is 4.38. The van der Waals surface area contributed by atoms with E-state index in [-0.39, 0.29) is 6.04 Å². The molecule has 0 aliphatic carbocycles. The SMILES string of the molecule is CCCn1cc(C(NC)c2cn(C)cn2)cn1. The third-order valence-electron chi connectivity index (χ3n) is 2.75. The smallest absolute Gasteiger partial charge is 0.0947 e. The second kappa shape index (κ2) is 5.14. The molecule has 92 valence electrons. The Bertz CT molecular complexity index is 471. The monoisotopic (exact) mass is 233 g/mol. The van der Waals surface area contributed by atoms with Crippen LogP contribution in [0.5, 0.6) is 0 Å². The molecular formula is C12H19N5. The van der Waals surface area contributed by atoms with Crippen molar-refractivity contribution in [2.75, 3.05) is 7.05 Å². The van der Waals surface area contributed by atoms with Gasteiger partial charge in [-0.25, -0.2) is 4.98 Å². The fourth-order valence-electron chi connectivity index (χ4n) is 1.95. The van der Waals surface area contributed by atoms with Crippen molar-refractivity contribution in [3.63, 3.8) is 0 Å². The van der Waals surface area contributed by atoms with Crippen LogP contribution in [0.15, 0.2) is 24.9 Å². The summed E-state index contributed by atoms with van der Waals surface area (Å²) < 4.78 is 3.93. The van der Waals surface area contributed by atoms with Crippen molar-refractivity contribution in [3.8, 4) is 0 Å². The molecular weight excluding hydrogens is 214 g/mol. The van der Waals surface area contributed by atoms with Crippen molar-refractivity contribution in [1.29, 1.82) is 0 Å². The Hall–Kier alpha value is -1.62. The first-order valence-electron chi connectivity index (χ1n) is 5.92. The van der Waals surface area contributed by atoms with Gasteiger partial charge in [0.1, 0.15) is 0 Å². The van der Waals surface area contributed by atoms with Gasteiger partial charge in [-0.1, -0.05) is 6.92 Å². The topological polar surface area (TPSA) is 47.7 Å². The normalized spacial score (nSPS) is 12.9. The van der Waals surface area contributed by atoms with Crippen LogP contribution in [0.4, 0.5) is 0 Å². The fraction of sp³-hybridized carbons (Fsp3) is 0.500. The Kier molecular flexibility index (Phi) is 3.58. The van der Waals surface area contributed by atoms with Gasteiger partial charge in [-0.3, -0.25) is 4.68 Å². The largest absolute Gasteiger partial charge is 0.340 e. The molecule has 0 radical (unpaired) electrons. The second-order valence-electron chi connectivity index (χ2n) is 4.22. The number of imidazole rings is 1. The highest BCUT2D eigenvalue weighted by molar-refractivity contribution is 5.22. The first-order chi connectivity index (χ1) is 8.24. The molecule has 1 atom stereocenters. The molecule has 1 N–H and O–H groups in total. The third-order valence-corrected chi connectivity index (χ3v) is 2.75. The van der Waals surface area contributed by atoms with Gasteiger partial charge >= 0.3 is 0 Å². The zero-order chi connectivity index (χ0) is 12.3. The molecule has 0 amide bonds. The molecule has 5 heteroatoms. The lowest BCUT2D eigenvalue weighted by Gasteiger charge is -2.11. The average Bonchev–Trinajstić information content (AvgIpc) is 2.91. The van der Waals surface area contributed by atoms with E-state index >= 15 is 0 Å². The van der Waals surface area contributed by atoms with Gasteiger partial charge in [0.25, 0.3) is 0 Å². The maximum atomic E-state index is 4.38. The van der Waals surface area contributed by atoms with Crippen LogP contribution < -0.4 is 5.32 Å². The number of nitrogens with one attached hydrogen (secondary N) is 1. The summed E-state index contributed by atoms with van der Waals surface area (Å²) in [5.41, 5.74) is 2.17. The van der Waals surface area contributed by atoms with Crippen molar-refractivity contribution in [3.05, 3.63) is 36.2 Å². The van der Waals surface area contributed by atoms with Crippen LogP contribution in [0, 0.1) is 0 Å². The Labute approximate surface area is 101 Å². The molecule has 0 aromatic carbocycles. The van der Waals surface area contributed by atoms with Gasteiger partial charge in [-0.05, 0) is 13.5 Å². The van der Waals surface area contributed by atoms with Gasteiger partial charge in [0.2, 0.25) is 0 Å². The molecule has 1 unspecified atom stereocenters. The van der Waals surface area contributed by atoms with E-state index in [0.717, 1.165) is 24.2 Å². The first kappa shape index (κ1) is 11.9. The summed E-state index contributed by atoms with van der Waals surface area (Å²) in [5.74, 6) is 0. The van der Waals surface area contributed by atoms with Crippen molar-refractivity contribution in [2.45, 2.75) is 25.9 Å². The molecule has 0 fully saturated rings. The van der Waals surface area contributed by atoms with E-state index in [1.807, 2.05) is 42.1 Å². The average molecular weight is 233 g/mol. The quantitative estimate of drug-likeness (QED) is 0.847. The molecule has 2 rings (SSSR count). The number of nitrogens with zero attached hydrogens (tertiary/aromatic N) is 4. The predicted molar refractivity (Wildman–Crippen MR) is 66.6 cm³/mol. The Morgan fingerprint density at radius 2 is 2.24 bits per heavy atom. The molecule has 0 saturated heterocycles. The van der Waals surface area contributed by atoms with Crippen molar-refractivity contribution >= 4 is 0 Å². The first-order valence-corrected chi connectivity index (χ1v) is 5.92. The summed E-state index contributed by atoms with van der Waals surface area (Å²) in [6.07, 6.45) is 8.92. The zero-order valence-electron chi connectivity index (χ0n) is 10.6. The van der Waals surface area contributed by atoms with Gasteiger partial charge in [0.15, 0.2) is 0 Å². The van der Waals surface area contributed by atoms with Crippen molar-refractivity contribution < 1.29 is 0 Å². The van der Waals surface area contributed by atoms with Crippen LogP contribution in [0.2, 0.25) is 0 Å². The van der Waals surface area contributed by atoms with Gasteiger partial charge in [0.05, 0.1) is 24.3 Å². The number of hydrogen-bond donors (Lipinski definition) is 1. The van der Waals surface area contributed by atoms with Crippen LogP contribution in [0.25, 0.3) is 0 Å². The maximum Gasteiger partial charge on any atom is 0.0947 e. The lowest BCUT2D eigenvalue weighted by atomic mass is 10.1. The van der Waals surface area contributed by atoms with Crippen LogP contribution in [-0.4, -0.2) is 26.4 Å². The molecule has 2 aromatic rings. The summed E-state index contributed by atoms with van der Waals surface area (Å²) in [7, 11) is 3.92. The number of rotatable bonds is 5. The molecule has 0 bridgehead atoms. The molecule has 0 aliphatic heterocycles. The summed E-state index contributed by atoms with van der Waals surface area (Å²) in [5, 5.41) is 7.62. The van der Waals surface area contributed by atoms with E-state index in [1.54, 1.807) is 0 Å². The number of aryl methyl sites for hydroxylation is 2. The molecule has 5 nitrogen and oxygen atoms in total. The zero-order valence-corrected chi connectivity index (χ0v) is 10.6. The number of hydrogen-bond acceptors (Lipinski definition) is 3. The molecule has 2 heterocycles. The fourth-order valence-corrected chi connectivity index (χ4v) is 1.95. The van der Waals surface area contributed by atoms with E-state index in [4.69, 9.17) is 0 Å². The molecule has 17 heavy (non-hydrogen) atoms. The lowest BCUT2D eigenvalue weighted by molar-refractivity contribution is 0.600. The van der Waals surface area contributed by atoms with Crippen LogP contribution >= 0.6 is 0 Å². The third kappa shape index (κ3) is 2.55.